The smallest absolute Gasteiger partial charge is 0.259 e. The molecule has 0 bridgehead atoms. The van der Waals surface area contributed by atoms with E-state index in [2.05, 4.69) is 37.7 Å². The molecule has 0 aliphatic rings. The number of hydrogen-bond donors (Lipinski definition) is 1. The Kier molecular flexibility index (Phi) is 5.36. The van der Waals surface area contributed by atoms with Gasteiger partial charge in [0.2, 0.25) is 5.13 Å². The number of amides is 1. The number of carbonyl (C=O) groups excluding carboxylic acids is 1. The molecule has 4 rings (SSSR count). The fraction of sp³-hybridized carbons (Fsp3) is 0.211. The third-order valence-electron chi connectivity index (χ3n) is 4.02. The number of rotatable bonds is 6. The Labute approximate surface area is 170 Å². The van der Waals surface area contributed by atoms with Gasteiger partial charge >= 0.3 is 0 Å². The van der Waals surface area contributed by atoms with E-state index in [-0.39, 0.29) is 11.9 Å². The van der Waals surface area contributed by atoms with E-state index in [1.165, 1.54) is 16.9 Å². The predicted molar refractivity (Wildman–Crippen MR) is 112 cm³/mol. The largest absolute Gasteiger partial charge is 0.296 e. The summed E-state index contributed by atoms with van der Waals surface area (Å²) in [6, 6.07) is 12.2. The molecule has 4 aromatic rings. The molecule has 0 saturated carbocycles. The summed E-state index contributed by atoms with van der Waals surface area (Å²) in [6.45, 7) is 4.08. The standard InChI is InChI=1S/C19H18N6OS2/c1-12(2)25-16-14(10-21-25)8-15(9-20-16)17(26)22-18-23-24-19(28-18)27-11-13-6-4-3-5-7-13/h3-10,12H,11H2,1-2H3,(H,22,23,26). The molecule has 9 heteroatoms. The van der Waals surface area contributed by atoms with Crippen molar-refractivity contribution >= 4 is 45.2 Å². The highest BCUT2D eigenvalue weighted by Crippen LogP contribution is 2.28. The molecular formula is C19H18N6OS2. The van der Waals surface area contributed by atoms with Crippen molar-refractivity contribution in [2.75, 3.05) is 5.32 Å². The summed E-state index contributed by atoms with van der Waals surface area (Å²) in [5.41, 5.74) is 2.45. The Balaban J connectivity index is 1.42. The molecule has 0 saturated heterocycles. The lowest BCUT2D eigenvalue weighted by Crippen LogP contribution is -2.12. The number of nitrogens with one attached hydrogen (secondary N) is 1. The van der Waals surface area contributed by atoms with Gasteiger partial charge in [0.05, 0.1) is 11.8 Å². The first-order valence-electron chi connectivity index (χ1n) is 8.75. The molecule has 28 heavy (non-hydrogen) atoms. The minimum atomic E-state index is -0.262. The first-order valence-corrected chi connectivity index (χ1v) is 10.5. The first-order chi connectivity index (χ1) is 13.6. The van der Waals surface area contributed by atoms with E-state index >= 15 is 0 Å². The van der Waals surface area contributed by atoms with Gasteiger partial charge < -0.3 is 0 Å². The SMILES string of the molecule is CC(C)n1ncc2cc(C(=O)Nc3nnc(SCc4ccccc4)s3)cnc21. The van der Waals surface area contributed by atoms with Crippen molar-refractivity contribution in [3.05, 3.63) is 59.9 Å². The van der Waals surface area contributed by atoms with Gasteiger partial charge in [-0.3, -0.25) is 10.1 Å². The monoisotopic (exact) mass is 410 g/mol. The van der Waals surface area contributed by atoms with Crippen LogP contribution in [0.2, 0.25) is 0 Å². The molecule has 3 aromatic heterocycles. The van der Waals surface area contributed by atoms with Crippen LogP contribution in [0.25, 0.3) is 11.0 Å². The zero-order valence-corrected chi connectivity index (χ0v) is 17.0. The maximum absolute atomic E-state index is 12.5. The van der Waals surface area contributed by atoms with Crippen LogP contribution in [-0.2, 0) is 5.75 Å². The fourth-order valence-electron chi connectivity index (χ4n) is 2.65. The van der Waals surface area contributed by atoms with Gasteiger partial charge in [0.25, 0.3) is 5.91 Å². The second-order valence-corrected chi connectivity index (χ2v) is 8.62. The van der Waals surface area contributed by atoms with Crippen LogP contribution in [0.1, 0.15) is 35.8 Å². The minimum Gasteiger partial charge on any atom is -0.296 e. The molecule has 0 unspecified atom stereocenters. The van der Waals surface area contributed by atoms with Crippen molar-refractivity contribution in [1.29, 1.82) is 0 Å². The van der Waals surface area contributed by atoms with Crippen LogP contribution in [0.15, 0.2) is 53.1 Å². The van der Waals surface area contributed by atoms with E-state index in [0.29, 0.717) is 10.7 Å². The van der Waals surface area contributed by atoms with Crippen LogP contribution >= 0.6 is 23.1 Å². The highest BCUT2D eigenvalue weighted by Gasteiger charge is 2.14. The lowest BCUT2D eigenvalue weighted by atomic mass is 10.2. The van der Waals surface area contributed by atoms with Gasteiger partial charge in [0.1, 0.15) is 0 Å². The Morgan fingerprint density at radius 2 is 2.04 bits per heavy atom. The van der Waals surface area contributed by atoms with Crippen LogP contribution in [0.3, 0.4) is 0 Å². The van der Waals surface area contributed by atoms with Gasteiger partial charge in [-0.25, -0.2) is 9.67 Å². The highest BCUT2D eigenvalue weighted by molar-refractivity contribution is 8.00. The molecule has 3 heterocycles. The van der Waals surface area contributed by atoms with Crippen LogP contribution in [0.4, 0.5) is 5.13 Å². The summed E-state index contributed by atoms with van der Waals surface area (Å²) < 4.78 is 2.64. The van der Waals surface area contributed by atoms with E-state index in [1.807, 2.05) is 36.7 Å². The fourth-order valence-corrected chi connectivity index (χ4v) is 4.35. The molecule has 0 radical (unpaired) electrons. The van der Waals surface area contributed by atoms with Gasteiger partial charge in [0, 0.05) is 23.4 Å². The van der Waals surface area contributed by atoms with Crippen molar-refractivity contribution in [2.45, 2.75) is 30.0 Å². The van der Waals surface area contributed by atoms with E-state index in [9.17, 15) is 4.79 Å². The number of nitrogens with zero attached hydrogens (tertiary/aromatic N) is 5. The van der Waals surface area contributed by atoms with Crippen molar-refractivity contribution in [3.8, 4) is 0 Å². The van der Waals surface area contributed by atoms with Gasteiger partial charge in [-0.15, -0.1) is 10.2 Å². The maximum Gasteiger partial charge on any atom is 0.259 e. The molecule has 0 spiro atoms. The average molecular weight is 411 g/mol. The third-order valence-corrected chi connectivity index (χ3v) is 6.06. The molecule has 0 aliphatic heterocycles. The number of carbonyl (C=O) groups is 1. The quantitative estimate of drug-likeness (QED) is 0.374. The Bertz CT molecular complexity index is 1110. The number of anilines is 1. The molecule has 0 atom stereocenters. The Hall–Kier alpha value is -2.78. The van der Waals surface area contributed by atoms with Crippen LogP contribution in [0, 0.1) is 0 Å². The lowest BCUT2D eigenvalue weighted by Gasteiger charge is -2.06. The molecular weight excluding hydrogens is 392 g/mol. The number of hydrogen-bond acceptors (Lipinski definition) is 7. The molecule has 0 aliphatic carbocycles. The van der Waals surface area contributed by atoms with Crippen LogP contribution in [0.5, 0.6) is 0 Å². The van der Waals surface area contributed by atoms with Crippen LogP contribution < -0.4 is 5.32 Å². The van der Waals surface area contributed by atoms with E-state index in [1.54, 1.807) is 30.2 Å². The van der Waals surface area contributed by atoms with Crippen molar-refractivity contribution in [3.63, 3.8) is 0 Å². The van der Waals surface area contributed by atoms with E-state index < -0.39 is 0 Å². The summed E-state index contributed by atoms with van der Waals surface area (Å²) in [7, 11) is 0. The van der Waals surface area contributed by atoms with Crippen molar-refractivity contribution in [1.82, 2.24) is 25.0 Å². The summed E-state index contributed by atoms with van der Waals surface area (Å²) >= 11 is 2.95. The molecule has 0 fully saturated rings. The van der Waals surface area contributed by atoms with Crippen molar-refractivity contribution < 1.29 is 4.79 Å². The molecule has 7 nitrogen and oxygen atoms in total. The van der Waals surface area contributed by atoms with E-state index in [0.717, 1.165) is 21.1 Å². The lowest BCUT2D eigenvalue weighted by molar-refractivity contribution is 0.102. The second-order valence-electron chi connectivity index (χ2n) is 6.42. The van der Waals surface area contributed by atoms with Crippen molar-refractivity contribution in [2.24, 2.45) is 0 Å². The third kappa shape index (κ3) is 4.05. The molecule has 1 amide bonds. The van der Waals surface area contributed by atoms with Gasteiger partial charge in [-0.1, -0.05) is 53.4 Å². The van der Waals surface area contributed by atoms with E-state index in [4.69, 9.17) is 0 Å². The number of thioether (sulfide) groups is 1. The zero-order valence-electron chi connectivity index (χ0n) is 15.4. The molecule has 142 valence electrons. The summed E-state index contributed by atoms with van der Waals surface area (Å²) in [4.78, 5) is 16.9. The maximum atomic E-state index is 12.5. The van der Waals surface area contributed by atoms with Gasteiger partial charge in [-0.2, -0.15) is 5.10 Å². The number of aromatic nitrogens is 5. The zero-order chi connectivity index (χ0) is 19.5. The summed E-state index contributed by atoms with van der Waals surface area (Å²) in [5, 5.41) is 16.6. The van der Waals surface area contributed by atoms with Crippen LogP contribution in [-0.4, -0.2) is 30.9 Å². The number of benzene rings is 1. The normalized spacial score (nSPS) is 11.2. The van der Waals surface area contributed by atoms with Gasteiger partial charge in [0.15, 0.2) is 9.99 Å². The Morgan fingerprint density at radius 1 is 1.21 bits per heavy atom. The minimum absolute atomic E-state index is 0.206. The molecule has 1 aromatic carbocycles. The predicted octanol–water partition coefficient (Wildman–Crippen LogP) is 4.41. The summed E-state index contributed by atoms with van der Waals surface area (Å²) in [6.07, 6.45) is 3.28. The Morgan fingerprint density at radius 3 is 2.82 bits per heavy atom. The average Bonchev–Trinajstić information content (AvgIpc) is 3.33. The number of fused-ring (bicyclic) bond motifs is 1. The molecule has 1 N–H and O–H groups in total. The first kappa shape index (κ1) is 18.6. The topological polar surface area (TPSA) is 85.6 Å². The second kappa shape index (κ2) is 8.07. The van der Waals surface area contributed by atoms with Gasteiger partial charge in [-0.05, 0) is 25.5 Å². The summed E-state index contributed by atoms with van der Waals surface area (Å²) in [5.74, 6) is 0.548. The number of pyridine rings is 1. The highest BCUT2D eigenvalue weighted by atomic mass is 32.2.